The molecule has 0 spiro atoms. The minimum absolute atomic E-state index is 0.105. The van der Waals surface area contributed by atoms with Crippen molar-refractivity contribution in [2.24, 2.45) is 5.11 Å². The fourth-order valence-corrected chi connectivity index (χ4v) is 2.07. The van der Waals surface area contributed by atoms with Crippen LogP contribution in [0.15, 0.2) is 35.4 Å². The zero-order valence-corrected chi connectivity index (χ0v) is 11.8. The number of hydrogen-bond donors (Lipinski definition) is 1. The van der Waals surface area contributed by atoms with Crippen molar-refractivity contribution < 1.29 is 19.1 Å². The van der Waals surface area contributed by atoms with Crippen LogP contribution in [0.3, 0.4) is 0 Å². The van der Waals surface area contributed by atoms with Gasteiger partial charge in [0.25, 0.3) is 0 Å². The first-order valence-corrected chi connectivity index (χ1v) is 6.87. The average Bonchev–Trinajstić information content (AvgIpc) is 2.54. The van der Waals surface area contributed by atoms with Gasteiger partial charge in [-0.2, -0.15) is 0 Å². The lowest BCUT2D eigenvalue weighted by molar-refractivity contribution is -0.156. The van der Waals surface area contributed by atoms with E-state index in [1.165, 1.54) is 0 Å². The number of azide groups is 1. The normalized spacial score (nSPS) is 20.5. The van der Waals surface area contributed by atoms with Gasteiger partial charge in [0, 0.05) is 4.91 Å². The number of ether oxygens (including phenoxy) is 2. The maximum absolute atomic E-state index is 11.8. The van der Waals surface area contributed by atoms with E-state index in [0.29, 0.717) is 12.8 Å². The summed E-state index contributed by atoms with van der Waals surface area (Å²) in [6, 6.07) is 8.50. The predicted molar refractivity (Wildman–Crippen MR) is 76.7 cm³/mol. The molecular formula is C14H16N4O4. The molecule has 8 heteroatoms. The molecule has 0 radical (unpaired) electrons. The van der Waals surface area contributed by atoms with Gasteiger partial charge < -0.3 is 14.8 Å². The topological polar surface area (TPSA) is 113 Å². The fraction of sp³-hybridized carbons (Fsp3) is 0.429. The van der Waals surface area contributed by atoms with Gasteiger partial charge in [0.2, 0.25) is 0 Å². The van der Waals surface area contributed by atoms with Crippen LogP contribution in [0.1, 0.15) is 18.4 Å². The van der Waals surface area contributed by atoms with E-state index < -0.39 is 24.2 Å². The third kappa shape index (κ3) is 4.68. The van der Waals surface area contributed by atoms with Gasteiger partial charge in [0.05, 0.1) is 6.54 Å². The highest BCUT2D eigenvalue weighted by Crippen LogP contribution is 2.15. The molecule has 0 bridgehead atoms. The van der Waals surface area contributed by atoms with Crippen LogP contribution in [0.5, 0.6) is 0 Å². The summed E-state index contributed by atoms with van der Waals surface area (Å²) in [6.45, 7) is 0.237. The Kier molecular flexibility index (Phi) is 5.62. The smallest absolute Gasteiger partial charge is 0.408 e. The van der Waals surface area contributed by atoms with Crippen LogP contribution in [0.2, 0.25) is 0 Å². The number of hydrogen-bond acceptors (Lipinski definition) is 5. The van der Waals surface area contributed by atoms with Crippen LogP contribution >= 0.6 is 0 Å². The Morgan fingerprint density at radius 1 is 1.41 bits per heavy atom. The quantitative estimate of drug-likeness (QED) is 0.389. The molecule has 0 unspecified atom stereocenters. The van der Waals surface area contributed by atoms with E-state index in [4.69, 9.17) is 15.0 Å². The van der Waals surface area contributed by atoms with Crippen molar-refractivity contribution in [3.8, 4) is 0 Å². The first-order chi connectivity index (χ1) is 10.7. The van der Waals surface area contributed by atoms with Gasteiger partial charge in [0.15, 0.2) is 0 Å². The van der Waals surface area contributed by atoms with Crippen LogP contribution in [0, 0.1) is 0 Å². The molecule has 1 heterocycles. The van der Waals surface area contributed by atoms with Crippen LogP contribution < -0.4 is 5.32 Å². The molecule has 1 saturated heterocycles. The Hall–Kier alpha value is -2.73. The monoisotopic (exact) mass is 304 g/mol. The number of alkyl carbamates (subject to hydrolysis) is 1. The van der Waals surface area contributed by atoms with Crippen molar-refractivity contribution in [3.63, 3.8) is 0 Å². The number of benzene rings is 1. The lowest BCUT2D eigenvalue weighted by Crippen LogP contribution is -2.47. The number of esters is 1. The molecule has 1 aliphatic heterocycles. The maximum Gasteiger partial charge on any atom is 0.408 e. The van der Waals surface area contributed by atoms with E-state index >= 15 is 0 Å². The van der Waals surface area contributed by atoms with E-state index in [1.807, 2.05) is 30.3 Å². The summed E-state index contributed by atoms with van der Waals surface area (Å²) < 4.78 is 10.1. The molecule has 2 atom stereocenters. The van der Waals surface area contributed by atoms with Gasteiger partial charge in [-0.25, -0.2) is 9.59 Å². The van der Waals surface area contributed by atoms with Crippen molar-refractivity contribution in [1.29, 1.82) is 0 Å². The van der Waals surface area contributed by atoms with Crippen molar-refractivity contribution >= 4 is 12.1 Å². The standard InChI is InChI=1S/C14H16N4O4/c15-18-16-8-11-6-7-12(13(19)22-11)17-14(20)21-9-10-4-2-1-3-5-10/h1-5,11-12H,6-9H2,(H,17,20)/t11-,12+/m1/s1. The Bertz CT molecular complexity index is 571. The second kappa shape index (κ2) is 7.90. The molecular weight excluding hydrogens is 288 g/mol. The average molecular weight is 304 g/mol. The number of carbonyl (C=O) groups is 2. The summed E-state index contributed by atoms with van der Waals surface area (Å²) in [6.07, 6.45) is -0.152. The van der Waals surface area contributed by atoms with E-state index in [2.05, 4.69) is 15.3 Å². The fourth-order valence-electron chi connectivity index (χ4n) is 2.07. The highest BCUT2D eigenvalue weighted by Gasteiger charge is 2.31. The molecule has 2 rings (SSSR count). The summed E-state index contributed by atoms with van der Waals surface area (Å²) in [5.74, 6) is -0.541. The lowest BCUT2D eigenvalue weighted by Gasteiger charge is -2.27. The Labute approximate surface area is 127 Å². The van der Waals surface area contributed by atoms with Gasteiger partial charge in [-0.15, -0.1) is 0 Å². The third-order valence-electron chi connectivity index (χ3n) is 3.20. The van der Waals surface area contributed by atoms with Crippen molar-refractivity contribution in [2.75, 3.05) is 6.54 Å². The van der Waals surface area contributed by atoms with Crippen molar-refractivity contribution in [1.82, 2.24) is 5.32 Å². The number of amides is 1. The number of carbonyl (C=O) groups excluding carboxylic acids is 2. The summed E-state index contributed by atoms with van der Waals surface area (Å²) in [4.78, 5) is 26.0. The first kappa shape index (κ1) is 15.7. The Morgan fingerprint density at radius 2 is 2.18 bits per heavy atom. The minimum atomic E-state index is -0.731. The van der Waals surface area contributed by atoms with Crippen molar-refractivity contribution in [3.05, 3.63) is 46.3 Å². The van der Waals surface area contributed by atoms with Crippen LogP contribution in [0.4, 0.5) is 4.79 Å². The Balaban J connectivity index is 1.75. The molecule has 1 fully saturated rings. The zero-order chi connectivity index (χ0) is 15.8. The molecule has 1 aromatic carbocycles. The maximum atomic E-state index is 11.8. The summed E-state index contributed by atoms with van der Waals surface area (Å²) in [5, 5.41) is 5.85. The number of cyclic esters (lactones) is 1. The van der Waals surface area contributed by atoms with E-state index in [1.54, 1.807) is 0 Å². The van der Waals surface area contributed by atoms with Crippen molar-refractivity contribution in [2.45, 2.75) is 31.6 Å². The molecule has 1 amide bonds. The highest BCUT2D eigenvalue weighted by atomic mass is 16.6. The predicted octanol–water partition coefficient (Wildman–Crippen LogP) is 2.30. The second-order valence-electron chi connectivity index (χ2n) is 4.81. The Morgan fingerprint density at radius 3 is 2.86 bits per heavy atom. The number of nitrogens with one attached hydrogen (secondary N) is 1. The van der Waals surface area contributed by atoms with Crippen LogP contribution in [-0.4, -0.2) is 30.8 Å². The molecule has 1 aliphatic rings. The minimum Gasteiger partial charge on any atom is -0.461 e. The molecule has 1 N–H and O–H groups in total. The zero-order valence-electron chi connectivity index (χ0n) is 11.8. The summed E-state index contributed by atoms with van der Waals surface area (Å²) in [5.41, 5.74) is 9.09. The van der Waals surface area contributed by atoms with Gasteiger partial charge in [-0.1, -0.05) is 35.4 Å². The molecule has 0 saturated carbocycles. The van der Waals surface area contributed by atoms with Crippen LogP contribution in [-0.2, 0) is 20.9 Å². The second-order valence-corrected chi connectivity index (χ2v) is 4.81. The molecule has 0 aliphatic carbocycles. The van der Waals surface area contributed by atoms with Gasteiger partial charge >= 0.3 is 12.1 Å². The summed E-state index contributed by atoms with van der Waals surface area (Å²) in [7, 11) is 0. The van der Waals surface area contributed by atoms with E-state index in [9.17, 15) is 9.59 Å². The van der Waals surface area contributed by atoms with Crippen LogP contribution in [0.25, 0.3) is 10.4 Å². The molecule has 1 aromatic rings. The van der Waals surface area contributed by atoms with E-state index in [-0.39, 0.29) is 13.2 Å². The number of rotatable bonds is 5. The van der Waals surface area contributed by atoms with Gasteiger partial charge in [0.1, 0.15) is 18.8 Å². The highest BCUT2D eigenvalue weighted by molar-refractivity contribution is 5.81. The van der Waals surface area contributed by atoms with E-state index in [0.717, 1.165) is 5.56 Å². The molecule has 22 heavy (non-hydrogen) atoms. The molecule has 116 valence electrons. The number of nitrogens with zero attached hydrogens (tertiary/aromatic N) is 3. The summed E-state index contributed by atoms with van der Waals surface area (Å²) >= 11 is 0. The SMILES string of the molecule is [N-]=[N+]=NC[C@H]1CC[C@H](NC(=O)OCc2ccccc2)C(=O)O1. The molecule has 0 aromatic heterocycles. The largest absolute Gasteiger partial charge is 0.461 e. The lowest BCUT2D eigenvalue weighted by atomic mass is 10.0. The van der Waals surface area contributed by atoms with Gasteiger partial charge in [-0.3, -0.25) is 0 Å². The van der Waals surface area contributed by atoms with Gasteiger partial charge in [-0.05, 0) is 23.9 Å². The first-order valence-electron chi connectivity index (χ1n) is 6.87. The molecule has 8 nitrogen and oxygen atoms in total. The third-order valence-corrected chi connectivity index (χ3v) is 3.20.